The van der Waals surface area contributed by atoms with E-state index in [0.29, 0.717) is 23.8 Å². The van der Waals surface area contributed by atoms with Gasteiger partial charge in [-0.3, -0.25) is 9.45 Å². The first-order valence-electron chi connectivity index (χ1n) is 10.9. The van der Waals surface area contributed by atoms with Gasteiger partial charge in [-0.1, -0.05) is 6.92 Å². The van der Waals surface area contributed by atoms with Gasteiger partial charge in [0.05, 0.1) is 6.04 Å². The Balaban J connectivity index is 1.47. The van der Waals surface area contributed by atoms with Crippen LogP contribution >= 0.6 is 0 Å². The quantitative estimate of drug-likeness (QED) is 0.591. The maximum atomic E-state index is 12.8. The summed E-state index contributed by atoms with van der Waals surface area (Å²) in [5.74, 6) is 0.925. The van der Waals surface area contributed by atoms with Crippen LogP contribution in [0.5, 0.6) is 0 Å². The molecule has 2 bridgehead atoms. The molecule has 1 saturated carbocycles. The molecule has 3 aliphatic rings. The molecule has 4 rings (SSSR count). The zero-order valence-corrected chi connectivity index (χ0v) is 19.8. The highest BCUT2D eigenvalue weighted by atomic mass is 32.3. The summed E-state index contributed by atoms with van der Waals surface area (Å²) in [5, 5.41) is 8.81. The summed E-state index contributed by atoms with van der Waals surface area (Å²) in [7, 11) is -4.82. The van der Waals surface area contributed by atoms with E-state index in [1.807, 2.05) is 0 Å². The molecule has 0 spiro atoms. The van der Waals surface area contributed by atoms with Gasteiger partial charge in [-0.05, 0) is 52.4 Å². The number of rotatable bonds is 6. The molecular weight excluding hydrogens is 458 g/mol. The Morgan fingerprint density at radius 3 is 2.58 bits per heavy atom. The minimum absolute atomic E-state index is 0.0203. The monoisotopic (exact) mass is 487 g/mol. The van der Waals surface area contributed by atoms with Crippen LogP contribution in [0, 0.1) is 5.92 Å². The van der Waals surface area contributed by atoms with E-state index >= 15 is 0 Å². The Morgan fingerprint density at radius 2 is 1.97 bits per heavy atom. The summed E-state index contributed by atoms with van der Waals surface area (Å²) in [5.41, 5.74) is -0.643. The minimum Gasteiger partial charge on any atom is -0.444 e. The second-order valence-corrected chi connectivity index (χ2v) is 10.9. The van der Waals surface area contributed by atoms with Gasteiger partial charge < -0.3 is 14.1 Å². The molecular formula is C19H29N5O8S. The fraction of sp³-hybridized carbons (Fsp3) is 0.789. The Kier molecular flexibility index (Phi) is 6.03. The van der Waals surface area contributed by atoms with Crippen molar-refractivity contribution in [2.45, 2.75) is 83.6 Å². The normalized spacial score (nSPS) is 27.5. The van der Waals surface area contributed by atoms with E-state index in [9.17, 15) is 18.0 Å². The van der Waals surface area contributed by atoms with Crippen molar-refractivity contribution in [2.24, 2.45) is 5.92 Å². The molecule has 33 heavy (non-hydrogen) atoms. The van der Waals surface area contributed by atoms with Crippen LogP contribution < -0.4 is 0 Å². The number of nitrogens with zero attached hydrogens (tertiary/aromatic N) is 5. The van der Waals surface area contributed by atoms with Gasteiger partial charge in [0.1, 0.15) is 18.2 Å². The van der Waals surface area contributed by atoms with Crippen molar-refractivity contribution < 1.29 is 36.0 Å². The summed E-state index contributed by atoms with van der Waals surface area (Å²) >= 11 is 0. The lowest BCUT2D eigenvalue weighted by atomic mass is 9.81. The number of piperidine rings is 1. The topological polar surface area (TPSA) is 156 Å². The van der Waals surface area contributed by atoms with Gasteiger partial charge in [-0.2, -0.15) is 13.5 Å². The highest BCUT2D eigenvalue weighted by molar-refractivity contribution is 7.80. The number of hydroxylamine groups is 2. The van der Waals surface area contributed by atoms with Crippen molar-refractivity contribution in [3.05, 3.63) is 11.8 Å². The Hall–Kier alpha value is -2.45. The van der Waals surface area contributed by atoms with E-state index in [1.54, 1.807) is 25.7 Å². The van der Waals surface area contributed by atoms with Crippen LogP contribution in [0.2, 0.25) is 0 Å². The fourth-order valence-electron chi connectivity index (χ4n) is 4.48. The number of amides is 3. The first-order chi connectivity index (χ1) is 15.3. The summed E-state index contributed by atoms with van der Waals surface area (Å²) in [6.07, 6.45) is 2.13. The Labute approximate surface area is 191 Å². The van der Waals surface area contributed by atoms with Crippen molar-refractivity contribution in [3.63, 3.8) is 0 Å². The van der Waals surface area contributed by atoms with Crippen LogP contribution in [0.1, 0.15) is 71.2 Å². The molecule has 3 fully saturated rings. The molecule has 13 nitrogen and oxygen atoms in total. The van der Waals surface area contributed by atoms with Gasteiger partial charge >= 0.3 is 22.5 Å². The highest BCUT2D eigenvalue weighted by Crippen LogP contribution is 2.38. The average molecular weight is 488 g/mol. The Bertz CT molecular complexity index is 1020. The van der Waals surface area contributed by atoms with Crippen molar-refractivity contribution in [3.8, 4) is 0 Å². The summed E-state index contributed by atoms with van der Waals surface area (Å²) < 4.78 is 46.9. The van der Waals surface area contributed by atoms with E-state index in [-0.39, 0.29) is 30.9 Å². The summed E-state index contributed by atoms with van der Waals surface area (Å²) in [6.45, 7) is 7.80. The van der Waals surface area contributed by atoms with Crippen LogP contribution in [-0.4, -0.2) is 74.4 Å². The van der Waals surface area contributed by atoms with Gasteiger partial charge in [-0.15, -0.1) is 14.5 Å². The van der Waals surface area contributed by atoms with Crippen molar-refractivity contribution >= 4 is 22.5 Å². The Morgan fingerprint density at radius 1 is 1.27 bits per heavy atom. The third kappa shape index (κ3) is 5.22. The molecule has 3 heterocycles. The van der Waals surface area contributed by atoms with Crippen LogP contribution in [0.15, 0.2) is 4.42 Å². The molecule has 2 saturated heterocycles. The maximum Gasteiger partial charge on any atom is 0.418 e. The van der Waals surface area contributed by atoms with Crippen LogP contribution in [0.3, 0.4) is 0 Å². The largest absolute Gasteiger partial charge is 0.444 e. The number of aromatic nitrogens is 2. The lowest BCUT2D eigenvalue weighted by Crippen LogP contribution is -2.48. The molecule has 2 atom stereocenters. The second kappa shape index (κ2) is 8.40. The number of hydrogen-bond donors (Lipinski definition) is 1. The molecule has 1 aromatic rings. The van der Waals surface area contributed by atoms with Gasteiger partial charge in [0.25, 0.3) is 0 Å². The van der Waals surface area contributed by atoms with Gasteiger partial charge in [0.15, 0.2) is 0 Å². The zero-order chi connectivity index (χ0) is 24.1. The standard InChI is InChI=1S/C19H29N5O8S/c1-11-7-13(8-11)22(18(26)31-19(2,3)4)10-15-20-21-16(30-15)14-6-5-12-9-23(14)17(25)24(12)32-33(27,28)29/h11-14H,5-10H2,1-4H3,(H,27,28,29)/t11?,12-,13?,14+/m1/s1. The smallest absolute Gasteiger partial charge is 0.418 e. The molecule has 1 aliphatic carbocycles. The molecule has 0 unspecified atom stereocenters. The van der Waals surface area contributed by atoms with E-state index < -0.39 is 40.2 Å². The molecule has 184 valence electrons. The number of carbonyl (C=O) groups excluding carboxylic acids is 2. The second-order valence-electron chi connectivity index (χ2n) is 9.88. The molecule has 0 aromatic carbocycles. The zero-order valence-electron chi connectivity index (χ0n) is 19.0. The number of fused-ring (bicyclic) bond motifs is 2. The van der Waals surface area contributed by atoms with Crippen LogP contribution in [0.4, 0.5) is 9.59 Å². The predicted molar refractivity (Wildman–Crippen MR) is 111 cm³/mol. The summed E-state index contributed by atoms with van der Waals surface area (Å²) in [6, 6.07) is -1.77. The number of hydrogen-bond acceptors (Lipinski definition) is 9. The van der Waals surface area contributed by atoms with E-state index in [1.165, 1.54) is 4.90 Å². The van der Waals surface area contributed by atoms with Crippen LogP contribution in [-0.2, 0) is 26.0 Å². The number of carbonyl (C=O) groups is 2. The molecule has 1 N–H and O–H groups in total. The fourth-order valence-corrected chi connectivity index (χ4v) is 4.87. The third-order valence-electron chi connectivity index (χ3n) is 5.99. The lowest BCUT2D eigenvalue weighted by Gasteiger charge is -2.41. The highest BCUT2D eigenvalue weighted by Gasteiger charge is 2.49. The SMILES string of the molecule is CC1CC(N(Cc2nnc([C@@H]3CC[C@@H]4CN3C(=O)N4OS(=O)(=O)O)o2)C(=O)OC(C)(C)C)C1. The molecule has 3 amide bonds. The first kappa shape index (κ1) is 23.7. The molecule has 14 heteroatoms. The maximum absolute atomic E-state index is 12.8. The summed E-state index contributed by atoms with van der Waals surface area (Å²) in [4.78, 5) is 28.4. The van der Waals surface area contributed by atoms with E-state index in [0.717, 1.165) is 12.8 Å². The van der Waals surface area contributed by atoms with Gasteiger partial charge in [-0.25, -0.2) is 9.59 Å². The number of ether oxygens (including phenoxy) is 1. The third-order valence-corrected chi connectivity index (χ3v) is 6.34. The molecule has 2 aliphatic heterocycles. The van der Waals surface area contributed by atoms with Gasteiger partial charge in [0, 0.05) is 12.6 Å². The van der Waals surface area contributed by atoms with Crippen molar-refractivity contribution in [1.82, 2.24) is 25.1 Å². The van der Waals surface area contributed by atoms with Gasteiger partial charge in [0.2, 0.25) is 11.8 Å². The minimum atomic E-state index is -4.82. The van der Waals surface area contributed by atoms with E-state index in [4.69, 9.17) is 13.7 Å². The van der Waals surface area contributed by atoms with E-state index in [2.05, 4.69) is 21.4 Å². The predicted octanol–water partition coefficient (Wildman–Crippen LogP) is 2.28. The molecule has 0 radical (unpaired) electrons. The van der Waals surface area contributed by atoms with Crippen molar-refractivity contribution in [2.75, 3.05) is 6.54 Å². The number of urea groups is 1. The average Bonchev–Trinajstić information content (AvgIpc) is 3.21. The van der Waals surface area contributed by atoms with Crippen LogP contribution in [0.25, 0.3) is 0 Å². The first-order valence-corrected chi connectivity index (χ1v) is 12.3. The molecule has 1 aromatic heterocycles. The van der Waals surface area contributed by atoms with Crippen molar-refractivity contribution in [1.29, 1.82) is 0 Å². The lowest BCUT2D eigenvalue weighted by molar-refractivity contribution is -0.0317.